The van der Waals surface area contributed by atoms with Crippen molar-refractivity contribution >= 4 is 8.32 Å². The van der Waals surface area contributed by atoms with E-state index in [0.717, 1.165) is 18.8 Å². The number of ether oxygens (including phenoxy) is 2. The number of benzene rings is 1. The summed E-state index contributed by atoms with van der Waals surface area (Å²) in [5.41, 5.74) is 1.22. The van der Waals surface area contributed by atoms with Crippen molar-refractivity contribution in [3.63, 3.8) is 0 Å². The smallest absolute Gasteiger partial charge is 0.192 e. The third-order valence-electron chi connectivity index (χ3n) is 4.61. The third-order valence-corrected chi connectivity index (χ3v) is 9.10. The molecule has 0 N–H and O–H groups in total. The van der Waals surface area contributed by atoms with Gasteiger partial charge in [0.15, 0.2) is 8.32 Å². The molecule has 1 aliphatic heterocycles. The highest BCUT2D eigenvalue weighted by molar-refractivity contribution is 6.74. The van der Waals surface area contributed by atoms with E-state index < -0.39 is 8.32 Å². The predicted molar refractivity (Wildman–Crippen MR) is 88.4 cm³/mol. The van der Waals surface area contributed by atoms with E-state index in [1.807, 2.05) is 12.1 Å². The lowest BCUT2D eigenvalue weighted by atomic mass is 10.1. The van der Waals surface area contributed by atoms with E-state index in [9.17, 15) is 0 Å². The molecular weight excluding hydrogens is 280 g/mol. The highest BCUT2D eigenvalue weighted by atomic mass is 28.4. The Morgan fingerprint density at radius 2 is 1.81 bits per heavy atom. The molecule has 118 valence electrons. The van der Waals surface area contributed by atoms with Crippen molar-refractivity contribution < 1.29 is 13.9 Å². The highest BCUT2D eigenvalue weighted by Gasteiger charge is 2.40. The minimum absolute atomic E-state index is 0.115. The zero-order valence-electron chi connectivity index (χ0n) is 14.1. The Morgan fingerprint density at radius 3 is 2.24 bits per heavy atom. The van der Waals surface area contributed by atoms with Gasteiger partial charge in [-0.25, -0.2) is 0 Å². The number of epoxide rings is 1. The molecule has 0 aliphatic carbocycles. The minimum Gasteiger partial charge on any atom is -0.497 e. The van der Waals surface area contributed by atoms with Gasteiger partial charge in [-0.05, 0) is 35.8 Å². The molecule has 0 saturated carbocycles. The van der Waals surface area contributed by atoms with Gasteiger partial charge >= 0.3 is 0 Å². The first-order valence-electron chi connectivity index (χ1n) is 7.66. The molecular formula is C17H28O3Si. The molecule has 3 nitrogen and oxygen atoms in total. The van der Waals surface area contributed by atoms with E-state index in [1.54, 1.807) is 7.11 Å². The Morgan fingerprint density at radius 1 is 1.24 bits per heavy atom. The summed E-state index contributed by atoms with van der Waals surface area (Å²) in [6, 6.07) is 8.23. The van der Waals surface area contributed by atoms with Gasteiger partial charge in [0.05, 0.1) is 25.9 Å². The zero-order chi connectivity index (χ0) is 15.7. The maximum atomic E-state index is 6.63. The molecule has 1 fully saturated rings. The van der Waals surface area contributed by atoms with E-state index in [4.69, 9.17) is 13.9 Å². The van der Waals surface area contributed by atoms with Gasteiger partial charge < -0.3 is 13.9 Å². The third kappa shape index (κ3) is 4.31. The molecule has 2 rings (SSSR count). The predicted octanol–water partition coefficient (Wildman–Crippen LogP) is 4.55. The summed E-state index contributed by atoms with van der Waals surface area (Å²) >= 11 is 0. The Labute approximate surface area is 129 Å². The summed E-state index contributed by atoms with van der Waals surface area (Å²) in [7, 11) is -0.107. The zero-order valence-corrected chi connectivity index (χ0v) is 15.1. The molecule has 2 atom stereocenters. The van der Waals surface area contributed by atoms with Crippen LogP contribution in [0.1, 0.15) is 38.9 Å². The normalized spacial score (nSPS) is 20.2. The summed E-state index contributed by atoms with van der Waals surface area (Å²) in [4.78, 5) is 0. The lowest BCUT2D eigenvalue weighted by molar-refractivity contribution is 0.160. The Bertz CT molecular complexity index is 458. The lowest BCUT2D eigenvalue weighted by Crippen LogP contribution is -2.42. The van der Waals surface area contributed by atoms with Crippen molar-refractivity contribution in [3.05, 3.63) is 29.8 Å². The molecule has 0 aromatic heterocycles. The van der Waals surface area contributed by atoms with Gasteiger partial charge in [0.25, 0.3) is 0 Å². The first-order valence-corrected chi connectivity index (χ1v) is 10.6. The van der Waals surface area contributed by atoms with E-state index in [0.29, 0.717) is 6.10 Å². The molecule has 1 saturated heterocycles. The van der Waals surface area contributed by atoms with Gasteiger partial charge in [-0.2, -0.15) is 0 Å². The van der Waals surface area contributed by atoms with Crippen molar-refractivity contribution in [2.45, 2.75) is 57.5 Å². The van der Waals surface area contributed by atoms with Crippen molar-refractivity contribution in [1.82, 2.24) is 0 Å². The van der Waals surface area contributed by atoms with Gasteiger partial charge in [-0.3, -0.25) is 0 Å². The fraction of sp³-hybridized carbons (Fsp3) is 0.647. The quantitative estimate of drug-likeness (QED) is 0.571. The first-order chi connectivity index (χ1) is 9.73. The summed E-state index contributed by atoms with van der Waals surface area (Å²) in [5.74, 6) is 0.882. The number of hydrogen-bond donors (Lipinski definition) is 0. The maximum absolute atomic E-state index is 6.63. The molecule has 4 heteroatoms. The van der Waals surface area contributed by atoms with Crippen LogP contribution in [0, 0.1) is 0 Å². The molecule has 1 heterocycles. The fourth-order valence-corrected chi connectivity index (χ4v) is 3.34. The van der Waals surface area contributed by atoms with Crippen LogP contribution in [0.5, 0.6) is 5.75 Å². The molecule has 2 unspecified atom stereocenters. The maximum Gasteiger partial charge on any atom is 0.192 e. The van der Waals surface area contributed by atoms with E-state index in [2.05, 4.69) is 46.0 Å². The van der Waals surface area contributed by atoms with Gasteiger partial charge in [-0.15, -0.1) is 0 Å². The van der Waals surface area contributed by atoms with Crippen LogP contribution >= 0.6 is 0 Å². The number of methoxy groups -OCH3 is 1. The van der Waals surface area contributed by atoms with E-state index in [-0.39, 0.29) is 11.1 Å². The molecule has 1 aliphatic rings. The van der Waals surface area contributed by atoms with Crippen LogP contribution < -0.4 is 4.74 Å². The summed E-state index contributed by atoms with van der Waals surface area (Å²) in [6.07, 6.45) is 1.42. The van der Waals surface area contributed by atoms with Crippen LogP contribution in [-0.2, 0) is 9.16 Å². The lowest BCUT2D eigenvalue weighted by Gasteiger charge is -2.39. The second-order valence-corrected chi connectivity index (χ2v) is 12.1. The largest absolute Gasteiger partial charge is 0.497 e. The van der Waals surface area contributed by atoms with Crippen LogP contribution in [-0.4, -0.2) is 28.1 Å². The van der Waals surface area contributed by atoms with Crippen molar-refractivity contribution in [3.8, 4) is 5.75 Å². The topological polar surface area (TPSA) is 31.0 Å². The Hall–Kier alpha value is -0.843. The molecule has 0 bridgehead atoms. The molecule has 0 amide bonds. The average molecular weight is 308 g/mol. The summed E-state index contributed by atoms with van der Waals surface area (Å²) < 4.78 is 17.3. The summed E-state index contributed by atoms with van der Waals surface area (Å²) in [6.45, 7) is 12.3. The van der Waals surface area contributed by atoms with Crippen LogP contribution in [0.4, 0.5) is 0 Å². The van der Waals surface area contributed by atoms with Crippen LogP contribution in [0.2, 0.25) is 18.1 Å². The van der Waals surface area contributed by atoms with Crippen molar-refractivity contribution in [2.24, 2.45) is 0 Å². The monoisotopic (exact) mass is 308 g/mol. The Balaban J connectivity index is 2.17. The number of rotatable bonds is 6. The second kappa shape index (κ2) is 6.11. The number of hydrogen-bond acceptors (Lipinski definition) is 3. The standard InChI is InChI=1S/C17H28O3Si/c1-17(2,3)21(5,6)20-16(11-15-12-19-15)13-7-9-14(18-4)10-8-13/h7-10,15-16H,11-12H2,1-6H3. The SMILES string of the molecule is COc1ccc(C(CC2CO2)O[Si](C)(C)C(C)(C)C)cc1. The fourth-order valence-electron chi connectivity index (χ4n) is 2.05. The Kier molecular flexibility index (Phi) is 4.81. The minimum atomic E-state index is -1.80. The average Bonchev–Trinajstić information content (AvgIpc) is 3.20. The van der Waals surface area contributed by atoms with E-state index >= 15 is 0 Å². The van der Waals surface area contributed by atoms with Crippen LogP contribution in [0.15, 0.2) is 24.3 Å². The second-order valence-electron chi connectivity index (χ2n) is 7.33. The van der Waals surface area contributed by atoms with Crippen LogP contribution in [0.25, 0.3) is 0 Å². The van der Waals surface area contributed by atoms with Gasteiger partial charge in [0.2, 0.25) is 0 Å². The van der Waals surface area contributed by atoms with Gasteiger partial charge in [0.1, 0.15) is 5.75 Å². The molecule has 0 spiro atoms. The van der Waals surface area contributed by atoms with Crippen LogP contribution in [0.3, 0.4) is 0 Å². The van der Waals surface area contributed by atoms with Gasteiger partial charge in [-0.1, -0.05) is 32.9 Å². The first kappa shape index (κ1) is 16.5. The molecule has 0 radical (unpaired) electrons. The van der Waals surface area contributed by atoms with Crippen molar-refractivity contribution in [2.75, 3.05) is 13.7 Å². The van der Waals surface area contributed by atoms with Gasteiger partial charge in [0, 0.05) is 6.42 Å². The molecule has 1 aromatic rings. The molecule has 1 aromatic carbocycles. The van der Waals surface area contributed by atoms with E-state index in [1.165, 1.54) is 5.56 Å². The summed E-state index contributed by atoms with van der Waals surface area (Å²) in [5, 5.41) is 0.210. The molecule has 21 heavy (non-hydrogen) atoms. The van der Waals surface area contributed by atoms with Crippen molar-refractivity contribution in [1.29, 1.82) is 0 Å². The highest BCUT2D eigenvalue weighted by Crippen LogP contribution is 2.41.